The van der Waals surface area contributed by atoms with Gasteiger partial charge in [0.1, 0.15) is 5.78 Å². The lowest BCUT2D eigenvalue weighted by Crippen LogP contribution is -2.28. The van der Waals surface area contributed by atoms with E-state index in [2.05, 4.69) is 4.74 Å². The average Bonchev–Trinajstić information content (AvgIpc) is 2.08. The zero-order valence-electron chi connectivity index (χ0n) is 7.50. The molecule has 0 heterocycles. The van der Waals surface area contributed by atoms with Gasteiger partial charge in [-0.1, -0.05) is 6.92 Å². The van der Waals surface area contributed by atoms with E-state index in [0.29, 0.717) is 19.3 Å². The van der Waals surface area contributed by atoms with Crippen LogP contribution in [-0.2, 0) is 14.3 Å². The molecular formula is C9H14O3. The second kappa shape index (κ2) is 3.70. The molecule has 0 aliphatic heterocycles. The first-order valence-corrected chi connectivity index (χ1v) is 4.25. The van der Waals surface area contributed by atoms with E-state index in [1.807, 2.05) is 6.92 Å². The third kappa shape index (κ3) is 1.84. The van der Waals surface area contributed by atoms with Crippen molar-refractivity contribution in [3.8, 4) is 0 Å². The first kappa shape index (κ1) is 9.23. The van der Waals surface area contributed by atoms with Crippen molar-refractivity contribution >= 4 is 11.8 Å². The zero-order chi connectivity index (χ0) is 9.14. The van der Waals surface area contributed by atoms with Gasteiger partial charge in [-0.2, -0.15) is 0 Å². The molecule has 0 aromatic rings. The molecule has 3 nitrogen and oxygen atoms in total. The van der Waals surface area contributed by atoms with Gasteiger partial charge in [0.15, 0.2) is 0 Å². The highest BCUT2D eigenvalue weighted by Crippen LogP contribution is 2.26. The molecule has 1 rings (SSSR count). The highest BCUT2D eigenvalue weighted by molar-refractivity contribution is 5.84. The molecule has 1 fully saturated rings. The standard InChI is InChI=1S/C9H14O3/c1-6-5-7(9(11)12-2)3-4-8(6)10/h6-7H,3-5H2,1-2H3/t6-,7+/m0/s1. The summed E-state index contributed by atoms with van der Waals surface area (Å²) in [5.74, 6) is 0.0788. The maximum atomic E-state index is 11.1. The Morgan fingerprint density at radius 1 is 1.58 bits per heavy atom. The van der Waals surface area contributed by atoms with E-state index in [4.69, 9.17) is 0 Å². The Balaban J connectivity index is 2.50. The minimum absolute atomic E-state index is 0.0304. The number of methoxy groups -OCH3 is 1. The molecule has 1 aliphatic carbocycles. The van der Waals surface area contributed by atoms with Crippen molar-refractivity contribution in [2.45, 2.75) is 26.2 Å². The number of ketones is 1. The molecule has 1 saturated carbocycles. The minimum atomic E-state index is -0.172. The second-order valence-electron chi connectivity index (χ2n) is 3.36. The van der Waals surface area contributed by atoms with Crippen molar-refractivity contribution in [2.75, 3.05) is 7.11 Å². The van der Waals surface area contributed by atoms with Gasteiger partial charge in [-0.15, -0.1) is 0 Å². The van der Waals surface area contributed by atoms with Gasteiger partial charge in [0.05, 0.1) is 13.0 Å². The van der Waals surface area contributed by atoms with Crippen molar-refractivity contribution in [1.82, 2.24) is 0 Å². The summed E-state index contributed by atoms with van der Waals surface area (Å²) in [7, 11) is 1.39. The number of carbonyl (C=O) groups excluding carboxylic acids is 2. The largest absolute Gasteiger partial charge is 0.469 e. The molecule has 1 aliphatic rings. The minimum Gasteiger partial charge on any atom is -0.469 e. The SMILES string of the molecule is COC(=O)[C@@H]1CCC(=O)[C@@H](C)C1. The normalized spacial score (nSPS) is 30.0. The Kier molecular flexibility index (Phi) is 2.84. The Labute approximate surface area is 72.1 Å². The van der Waals surface area contributed by atoms with Crippen LogP contribution < -0.4 is 0 Å². The van der Waals surface area contributed by atoms with Gasteiger partial charge in [-0.05, 0) is 12.8 Å². The van der Waals surface area contributed by atoms with Crippen molar-refractivity contribution in [2.24, 2.45) is 11.8 Å². The van der Waals surface area contributed by atoms with Crippen molar-refractivity contribution < 1.29 is 14.3 Å². The summed E-state index contributed by atoms with van der Waals surface area (Å²) < 4.78 is 4.62. The molecular weight excluding hydrogens is 156 g/mol. The Morgan fingerprint density at radius 2 is 2.25 bits per heavy atom. The topological polar surface area (TPSA) is 43.4 Å². The van der Waals surface area contributed by atoms with Crippen LogP contribution in [0.4, 0.5) is 0 Å². The fourth-order valence-corrected chi connectivity index (χ4v) is 1.62. The first-order chi connectivity index (χ1) is 5.65. The van der Waals surface area contributed by atoms with Crippen LogP contribution in [0.15, 0.2) is 0 Å². The Morgan fingerprint density at radius 3 is 2.75 bits per heavy atom. The number of ether oxygens (including phenoxy) is 1. The molecule has 3 heteroatoms. The lowest BCUT2D eigenvalue weighted by atomic mass is 9.81. The van der Waals surface area contributed by atoms with Gasteiger partial charge in [-0.25, -0.2) is 0 Å². The lowest BCUT2D eigenvalue weighted by molar-refractivity contribution is -0.148. The third-order valence-corrected chi connectivity index (χ3v) is 2.46. The van der Waals surface area contributed by atoms with E-state index in [1.54, 1.807) is 0 Å². The molecule has 12 heavy (non-hydrogen) atoms. The van der Waals surface area contributed by atoms with E-state index in [9.17, 15) is 9.59 Å². The van der Waals surface area contributed by atoms with Crippen LogP contribution in [0.25, 0.3) is 0 Å². The van der Waals surface area contributed by atoms with E-state index in [1.165, 1.54) is 7.11 Å². The first-order valence-electron chi connectivity index (χ1n) is 4.25. The molecule has 0 N–H and O–H groups in total. The highest BCUT2D eigenvalue weighted by atomic mass is 16.5. The molecule has 0 amide bonds. The second-order valence-corrected chi connectivity index (χ2v) is 3.36. The summed E-state index contributed by atoms with van der Waals surface area (Å²) in [4.78, 5) is 22.2. The molecule has 0 radical (unpaired) electrons. The zero-order valence-corrected chi connectivity index (χ0v) is 7.50. The molecule has 0 aromatic carbocycles. The number of rotatable bonds is 1. The number of hydrogen-bond donors (Lipinski definition) is 0. The fourth-order valence-electron chi connectivity index (χ4n) is 1.62. The van der Waals surface area contributed by atoms with Crippen molar-refractivity contribution in [3.63, 3.8) is 0 Å². The quantitative estimate of drug-likeness (QED) is 0.555. The smallest absolute Gasteiger partial charge is 0.308 e. The van der Waals surface area contributed by atoms with Gasteiger partial charge < -0.3 is 4.74 Å². The highest BCUT2D eigenvalue weighted by Gasteiger charge is 2.30. The van der Waals surface area contributed by atoms with Crippen LogP contribution in [0.1, 0.15) is 26.2 Å². The molecule has 2 atom stereocenters. The molecule has 0 unspecified atom stereocenters. The number of carbonyl (C=O) groups is 2. The predicted molar refractivity (Wildman–Crippen MR) is 43.5 cm³/mol. The Bertz CT molecular complexity index is 198. The van der Waals surface area contributed by atoms with Gasteiger partial charge >= 0.3 is 5.97 Å². The van der Waals surface area contributed by atoms with Gasteiger partial charge in [0.25, 0.3) is 0 Å². The number of esters is 1. The molecule has 0 saturated heterocycles. The molecule has 0 spiro atoms. The fraction of sp³-hybridized carbons (Fsp3) is 0.778. The van der Waals surface area contributed by atoms with Gasteiger partial charge in [0.2, 0.25) is 0 Å². The summed E-state index contributed by atoms with van der Waals surface area (Å²) in [6.07, 6.45) is 1.85. The van der Waals surface area contributed by atoms with E-state index in [0.717, 1.165) is 0 Å². The van der Waals surface area contributed by atoms with Gasteiger partial charge in [0, 0.05) is 12.3 Å². The summed E-state index contributed by atoms with van der Waals surface area (Å²) in [5, 5.41) is 0. The Hall–Kier alpha value is -0.860. The van der Waals surface area contributed by atoms with Crippen LogP contribution in [0.2, 0.25) is 0 Å². The number of hydrogen-bond acceptors (Lipinski definition) is 3. The van der Waals surface area contributed by atoms with Crippen LogP contribution in [0.3, 0.4) is 0 Å². The van der Waals surface area contributed by atoms with E-state index < -0.39 is 0 Å². The predicted octanol–water partition coefficient (Wildman–Crippen LogP) is 1.16. The summed E-state index contributed by atoms with van der Waals surface area (Å²) in [6, 6.07) is 0. The van der Waals surface area contributed by atoms with Crippen molar-refractivity contribution in [3.05, 3.63) is 0 Å². The summed E-state index contributed by atoms with van der Waals surface area (Å²) in [5.41, 5.74) is 0. The van der Waals surface area contributed by atoms with Crippen LogP contribution in [0.5, 0.6) is 0 Å². The molecule has 0 aromatic heterocycles. The molecule has 0 bridgehead atoms. The molecule has 68 valence electrons. The summed E-state index contributed by atoms with van der Waals surface area (Å²) >= 11 is 0. The number of Topliss-reactive ketones (excluding diaryl/α,β-unsaturated/α-hetero) is 1. The third-order valence-electron chi connectivity index (χ3n) is 2.46. The average molecular weight is 170 g/mol. The van der Waals surface area contributed by atoms with Crippen molar-refractivity contribution in [1.29, 1.82) is 0 Å². The monoisotopic (exact) mass is 170 g/mol. The lowest BCUT2D eigenvalue weighted by Gasteiger charge is -2.23. The van der Waals surface area contributed by atoms with E-state index >= 15 is 0 Å². The van der Waals surface area contributed by atoms with E-state index in [-0.39, 0.29) is 23.6 Å². The maximum absolute atomic E-state index is 11.1. The summed E-state index contributed by atoms with van der Waals surface area (Å²) in [6.45, 7) is 1.87. The van der Waals surface area contributed by atoms with Crippen LogP contribution >= 0.6 is 0 Å². The maximum Gasteiger partial charge on any atom is 0.308 e. The van der Waals surface area contributed by atoms with Crippen LogP contribution in [-0.4, -0.2) is 18.9 Å². The van der Waals surface area contributed by atoms with Gasteiger partial charge in [-0.3, -0.25) is 9.59 Å². The van der Waals surface area contributed by atoms with Crippen LogP contribution in [0, 0.1) is 11.8 Å².